The van der Waals surface area contributed by atoms with E-state index in [9.17, 15) is 0 Å². The van der Waals surface area contributed by atoms with E-state index in [4.69, 9.17) is 5.41 Å². The molecular weight excluding hydrogens is 136 g/mol. The van der Waals surface area contributed by atoms with Crippen LogP contribution in [0.3, 0.4) is 0 Å². The molecule has 2 nitrogen and oxygen atoms in total. The van der Waals surface area contributed by atoms with E-state index in [0.717, 1.165) is 5.57 Å². The van der Waals surface area contributed by atoms with Crippen molar-refractivity contribution in [2.24, 2.45) is 11.7 Å². The first kappa shape index (κ1) is 12.8. The van der Waals surface area contributed by atoms with Crippen LogP contribution >= 0.6 is 0 Å². The average molecular weight is 154 g/mol. The molecular formula is C9H18N2. The summed E-state index contributed by atoms with van der Waals surface area (Å²) in [6.45, 7) is 7.66. The molecule has 0 fully saturated rings. The lowest BCUT2D eigenvalue weighted by Crippen LogP contribution is -1.93. The highest BCUT2D eigenvalue weighted by molar-refractivity contribution is 5.76. The van der Waals surface area contributed by atoms with Crippen LogP contribution in [0, 0.1) is 11.3 Å². The Bertz CT molecular complexity index is 134. The normalized spacial score (nSPS) is 10.1. The molecule has 0 aliphatic heterocycles. The number of rotatable bonds is 3. The van der Waals surface area contributed by atoms with Gasteiger partial charge in [0, 0.05) is 6.21 Å². The van der Waals surface area contributed by atoms with Gasteiger partial charge in [0.15, 0.2) is 0 Å². The molecule has 3 N–H and O–H groups in total. The Morgan fingerprint density at radius 3 is 2.00 bits per heavy atom. The average Bonchev–Trinajstić information content (AvgIpc) is 2.03. The predicted molar refractivity (Wildman–Crippen MR) is 52.0 cm³/mol. The fourth-order valence-corrected chi connectivity index (χ4v) is 0.543. The Balaban J connectivity index is 0. The Morgan fingerprint density at radius 2 is 1.91 bits per heavy atom. The van der Waals surface area contributed by atoms with Gasteiger partial charge < -0.3 is 11.1 Å². The fourth-order valence-electron chi connectivity index (χ4n) is 0.543. The SMILES string of the molecule is C=C/C=C(\C=N)C(C)C.CN. The van der Waals surface area contributed by atoms with E-state index in [-0.39, 0.29) is 0 Å². The first-order valence-corrected chi connectivity index (χ1v) is 3.63. The Hall–Kier alpha value is -0.890. The zero-order valence-corrected chi connectivity index (χ0v) is 7.59. The summed E-state index contributed by atoms with van der Waals surface area (Å²) in [5.74, 6) is 0.431. The highest BCUT2D eigenvalue weighted by Gasteiger charge is 1.95. The molecule has 0 aromatic heterocycles. The van der Waals surface area contributed by atoms with Crippen LogP contribution in [-0.4, -0.2) is 13.3 Å². The van der Waals surface area contributed by atoms with E-state index in [1.807, 2.05) is 6.08 Å². The third kappa shape index (κ3) is 7.00. The molecule has 0 aliphatic carbocycles. The lowest BCUT2D eigenvalue weighted by molar-refractivity contribution is 0.806. The maximum absolute atomic E-state index is 6.95. The summed E-state index contributed by atoms with van der Waals surface area (Å²) >= 11 is 0. The van der Waals surface area contributed by atoms with Crippen molar-refractivity contribution in [2.45, 2.75) is 13.8 Å². The minimum absolute atomic E-state index is 0.431. The highest BCUT2D eigenvalue weighted by Crippen LogP contribution is 2.05. The van der Waals surface area contributed by atoms with Crippen molar-refractivity contribution >= 4 is 6.21 Å². The first-order valence-electron chi connectivity index (χ1n) is 3.63. The monoisotopic (exact) mass is 154 g/mol. The van der Waals surface area contributed by atoms with E-state index >= 15 is 0 Å². The van der Waals surface area contributed by atoms with Gasteiger partial charge in [0.2, 0.25) is 0 Å². The maximum atomic E-state index is 6.95. The third-order valence-corrected chi connectivity index (χ3v) is 1.14. The second-order valence-corrected chi connectivity index (χ2v) is 2.20. The summed E-state index contributed by atoms with van der Waals surface area (Å²) in [7, 11) is 1.50. The van der Waals surface area contributed by atoms with Crippen molar-refractivity contribution in [2.75, 3.05) is 7.05 Å². The van der Waals surface area contributed by atoms with Crippen molar-refractivity contribution in [1.29, 1.82) is 5.41 Å². The standard InChI is InChI=1S/C8H13N.CH5N/c1-4-5-8(6-9)7(2)3;1-2/h4-7,9H,1H2,2-3H3;2H2,1H3/b8-5+,9-6?;. The topological polar surface area (TPSA) is 49.9 Å². The van der Waals surface area contributed by atoms with Crippen molar-refractivity contribution in [3.8, 4) is 0 Å². The van der Waals surface area contributed by atoms with Crippen LogP contribution in [-0.2, 0) is 0 Å². The lowest BCUT2D eigenvalue weighted by Gasteiger charge is -2.01. The van der Waals surface area contributed by atoms with E-state index in [2.05, 4.69) is 26.2 Å². The van der Waals surface area contributed by atoms with Crippen molar-refractivity contribution in [3.05, 3.63) is 24.3 Å². The zero-order chi connectivity index (χ0) is 9.28. The predicted octanol–water partition coefficient (Wildman–Crippen LogP) is 1.98. The van der Waals surface area contributed by atoms with Gasteiger partial charge in [-0.15, -0.1) is 0 Å². The van der Waals surface area contributed by atoms with Gasteiger partial charge in [0.25, 0.3) is 0 Å². The van der Waals surface area contributed by atoms with Crippen LogP contribution < -0.4 is 5.73 Å². The summed E-state index contributed by atoms with van der Waals surface area (Å²) in [5.41, 5.74) is 5.52. The van der Waals surface area contributed by atoms with E-state index in [0.29, 0.717) is 5.92 Å². The maximum Gasteiger partial charge on any atom is 0.0212 e. The van der Waals surface area contributed by atoms with Crippen LogP contribution in [0.15, 0.2) is 24.3 Å². The number of nitrogens with two attached hydrogens (primary N) is 1. The molecule has 0 radical (unpaired) electrons. The molecule has 0 spiro atoms. The van der Waals surface area contributed by atoms with Gasteiger partial charge >= 0.3 is 0 Å². The summed E-state index contributed by atoms with van der Waals surface area (Å²) < 4.78 is 0. The van der Waals surface area contributed by atoms with Gasteiger partial charge in [-0.25, -0.2) is 0 Å². The molecule has 0 rings (SSSR count). The number of hydrogen-bond donors (Lipinski definition) is 2. The highest BCUT2D eigenvalue weighted by atomic mass is 14.4. The van der Waals surface area contributed by atoms with Crippen molar-refractivity contribution in [3.63, 3.8) is 0 Å². The van der Waals surface area contributed by atoms with Crippen LogP contribution in [0.25, 0.3) is 0 Å². The summed E-state index contributed by atoms with van der Waals surface area (Å²) in [6, 6.07) is 0. The molecule has 0 saturated heterocycles. The second kappa shape index (κ2) is 9.11. The molecule has 0 saturated carbocycles. The van der Waals surface area contributed by atoms with Crippen molar-refractivity contribution in [1.82, 2.24) is 0 Å². The minimum atomic E-state index is 0.431. The number of hydrogen-bond acceptors (Lipinski definition) is 2. The fraction of sp³-hybridized carbons (Fsp3) is 0.444. The third-order valence-electron chi connectivity index (χ3n) is 1.14. The smallest absolute Gasteiger partial charge is 0.0212 e. The van der Waals surface area contributed by atoms with Gasteiger partial charge in [-0.1, -0.05) is 32.6 Å². The van der Waals surface area contributed by atoms with Crippen LogP contribution in [0.1, 0.15) is 13.8 Å². The molecule has 2 heteroatoms. The largest absolute Gasteiger partial charge is 0.333 e. The Kier molecular flexibility index (Phi) is 10.6. The van der Waals surface area contributed by atoms with Gasteiger partial charge in [-0.3, -0.25) is 0 Å². The van der Waals surface area contributed by atoms with E-state index in [1.54, 1.807) is 6.08 Å². The number of allylic oxidation sites excluding steroid dienone is 3. The second-order valence-electron chi connectivity index (χ2n) is 2.20. The molecule has 0 bridgehead atoms. The van der Waals surface area contributed by atoms with Crippen LogP contribution in [0.5, 0.6) is 0 Å². The number of nitrogens with one attached hydrogen (secondary N) is 1. The molecule has 0 atom stereocenters. The van der Waals surface area contributed by atoms with Crippen LogP contribution in [0.2, 0.25) is 0 Å². The van der Waals surface area contributed by atoms with Gasteiger partial charge in [0.1, 0.15) is 0 Å². The summed E-state index contributed by atoms with van der Waals surface area (Å²) in [6.07, 6.45) is 4.93. The van der Waals surface area contributed by atoms with Gasteiger partial charge in [-0.2, -0.15) is 0 Å². The lowest BCUT2D eigenvalue weighted by atomic mass is 10.0. The zero-order valence-electron chi connectivity index (χ0n) is 7.59. The van der Waals surface area contributed by atoms with Gasteiger partial charge in [-0.05, 0) is 18.5 Å². The quantitative estimate of drug-likeness (QED) is 0.474. The Labute approximate surface area is 69.3 Å². The minimum Gasteiger partial charge on any atom is -0.333 e. The molecule has 0 unspecified atom stereocenters. The molecule has 64 valence electrons. The summed E-state index contributed by atoms with van der Waals surface area (Å²) in [4.78, 5) is 0. The van der Waals surface area contributed by atoms with E-state index in [1.165, 1.54) is 13.3 Å². The first-order chi connectivity index (χ1) is 5.22. The molecule has 0 aliphatic rings. The van der Waals surface area contributed by atoms with Crippen LogP contribution in [0.4, 0.5) is 0 Å². The Morgan fingerprint density at radius 1 is 1.45 bits per heavy atom. The molecule has 0 aromatic carbocycles. The van der Waals surface area contributed by atoms with Crippen molar-refractivity contribution < 1.29 is 0 Å². The molecule has 0 amide bonds. The van der Waals surface area contributed by atoms with E-state index < -0.39 is 0 Å². The molecule has 0 aromatic rings. The summed E-state index contributed by atoms with van der Waals surface area (Å²) in [5, 5.41) is 6.95. The molecule has 0 heterocycles. The van der Waals surface area contributed by atoms with Gasteiger partial charge in [0.05, 0.1) is 0 Å². The molecule has 11 heavy (non-hydrogen) atoms.